The van der Waals surface area contributed by atoms with Gasteiger partial charge in [-0.25, -0.2) is 0 Å². The minimum Gasteiger partial charge on any atom is -0.458 e. The summed E-state index contributed by atoms with van der Waals surface area (Å²) in [6, 6.07) is 10.1. The summed E-state index contributed by atoms with van der Waals surface area (Å²) in [5.41, 5.74) is 3.47. The summed E-state index contributed by atoms with van der Waals surface area (Å²) in [5.74, 6) is 1.47. The average molecular weight is 257 g/mol. The van der Waals surface area contributed by atoms with Gasteiger partial charge >= 0.3 is 0 Å². The Bertz CT molecular complexity index is 601. The summed E-state index contributed by atoms with van der Waals surface area (Å²) in [5, 5.41) is 10.7. The Hall–Kier alpha value is -2.10. The second kappa shape index (κ2) is 4.88. The van der Waals surface area contributed by atoms with E-state index in [9.17, 15) is 10.1 Å². The second-order valence-corrected chi connectivity index (χ2v) is 4.91. The van der Waals surface area contributed by atoms with E-state index in [0.29, 0.717) is 5.76 Å². The van der Waals surface area contributed by atoms with Crippen LogP contribution in [0.5, 0.6) is 0 Å². The highest BCUT2D eigenvalue weighted by atomic mass is 16.6. The van der Waals surface area contributed by atoms with Crippen LogP contribution in [0.4, 0.5) is 0 Å². The number of hydrogen-bond donors (Lipinski definition) is 0. The van der Waals surface area contributed by atoms with Crippen molar-refractivity contribution in [2.45, 2.75) is 32.2 Å². The minimum atomic E-state index is -0.316. The molecular weight excluding hydrogens is 242 g/mol. The van der Waals surface area contributed by atoms with E-state index in [1.54, 1.807) is 0 Å². The highest BCUT2D eigenvalue weighted by molar-refractivity contribution is 5.39. The van der Waals surface area contributed by atoms with E-state index < -0.39 is 0 Å². The highest BCUT2D eigenvalue weighted by Crippen LogP contribution is 2.33. The van der Waals surface area contributed by atoms with Gasteiger partial charge in [-0.3, -0.25) is 10.1 Å². The third-order valence-corrected chi connectivity index (χ3v) is 3.62. The molecule has 0 radical (unpaired) electrons. The summed E-state index contributed by atoms with van der Waals surface area (Å²) in [6.45, 7) is -0.197. The van der Waals surface area contributed by atoms with Gasteiger partial charge in [-0.2, -0.15) is 0 Å². The van der Waals surface area contributed by atoms with Gasteiger partial charge in [-0.15, -0.1) is 0 Å². The Morgan fingerprint density at radius 2 is 1.79 bits per heavy atom. The zero-order valence-corrected chi connectivity index (χ0v) is 10.6. The Morgan fingerprint density at radius 3 is 2.47 bits per heavy atom. The quantitative estimate of drug-likeness (QED) is 0.624. The molecule has 0 N–H and O–H groups in total. The topological polar surface area (TPSA) is 56.3 Å². The van der Waals surface area contributed by atoms with Gasteiger partial charge in [0.15, 0.2) is 5.76 Å². The summed E-state index contributed by atoms with van der Waals surface area (Å²) in [4.78, 5) is 10.4. The maximum Gasteiger partial charge on any atom is 0.260 e. The first-order valence-corrected chi connectivity index (χ1v) is 6.52. The van der Waals surface area contributed by atoms with Crippen LogP contribution in [0.2, 0.25) is 0 Å². The van der Waals surface area contributed by atoms with Crippen LogP contribution < -0.4 is 0 Å². The van der Waals surface area contributed by atoms with E-state index >= 15 is 0 Å². The average Bonchev–Trinajstić information content (AvgIpc) is 2.96. The molecular formula is C15H15NO3. The maximum atomic E-state index is 10.7. The normalized spacial score (nSPS) is 13.5. The van der Waals surface area contributed by atoms with E-state index in [0.717, 1.165) is 37.0 Å². The third kappa shape index (κ3) is 2.38. The summed E-state index contributed by atoms with van der Waals surface area (Å²) in [7, 11) is 0. The Labute approximate surface area is 111 Å². The smallest absolute Gasteiger partial charge is 0.260 e. The number of furan rings is 1. The molecule has 2 aromatic rings. The predicted molar refractivity (Wildman–Crippen MR) is 70.7 cm³/mol. The molecule has 0 amide bonds. The monoisotopic (exact) mass is 257 g/mol. The van der Waals surface area contributed by atoms with Gasteiger partial charge in [0.05, 0.1) is 0 Å². The Kier molecular flexibility index (Phi) is 3.07. The number of fused-ring (bicyclic) bond motifs is 1. The molecule has 1 aliphatic carbocycles. The number of nitrogens with zero attached hydrogens (tertiary/aromatic N) is 1. The molecule has 98 valence electrons. The summed E-state index contributed by atoms with van der Waals surface area (Å²) in [6.07, 6.45) is 3.70. The second-order valence-electron chi connectivity index (χ2n) is 4.91. The van der Waals surface area contributed by atoms with Gasteiger partial charge in [0.1, 0.15) is 5.76 Å². The fourth-order valence-electron chi connectivity index (χ4n) is 2.80. The van der Waals surface area contributed by atoms with Gasteiger partial charge in [-0.1, -0.05) is 30.3 Å². The summed E-state index contributed by atoms with van der Waals surface area (Å²) >= 11 is 0. The van der Waals surface area contributed by atoms with Crippen molar-refractivity contribution in [3.63, 3.8) is 0 Å². The van der Waals surface area contributed by atoms with Crippen LogP contribution in [0.1, 0.15) is 34.6 Å². The molecule has 0 saturated heterocycles. The Morgan fingerprint density at radius 1 is 1.11 bits per heavy atom. The maximum absolute atomic E-state index is 10.7. The van der Waals surface area contributed by atoms with E-state index in [2.05, 4.69) is 12.1 Å². The lowest BCUT2D eigenvalue weighted by molar-refractivity contribution is -0.499. The van der Waals surface area contributed by atoms with Gasteiger partial charge in [0, 0.05) is 16.9 Å². The number of nitro groups is 1. The van der Waals surface area contributed by atoms with Gasteiger partial charge in [0.2, 0.25) is 0 Å². The van der Waals surface area contributed by atoms with Crippen LogP contribution in [0.3, 0.4) is 0 Å². The predicted octanol–water partition coefficient (Wildman–Crippen LogP) is 3.14. The standard InChI is InChI=1S/C15H15NO3/c17-16(18)10-15-13-8-4-7-12(13)14(19-15)9-11-5-2-1-3-6-11/h1-3,5-6H,4,7-10H2. The van der Waals surface area contributed by atoms with Gasteiger partial charge < -0.3 is 4.42 Å². The van der Waals surface area contributed by atoms with Crippen LogP contribution in [0, 0.1) is 10.1 Å². The van der Waals surface area contributed by atoms with Crippen molar-refractivity contribution < 1.29 is 9.34 Å². The van der Waals surface area contributed by atoms with Crippen molar-refractivity contribution in [1.29, 1.82) is 0 Å². The zero-order valence-electron chi connectivity index (χ0n) is 10.6. The molecule has 0 saturated carbocycles. The van der Waals surface area contributed by atoms with Crippen molar-refractivity contribution in [1.82, 2.24) is 0 Å². The van der Waals surface area contributed by atoms with Gasteiger partial charge in [0.25, 0.3) is 6.54 Å². The van der Waals surface area contributed by atoms with Crippen LogP contribution in [-0.4, -0.2) is 4.92 Å². The van der Waals surface area contributed by atoms with Crippen molar-refractivity contribution in [3.8, 4) is 0 Å². The molecule has 0 fully saturated rings. The highest BCUT2D eigenvalue weighted by Gasteiger charge is 2.26. The van der Waals surface area contributed by atoms with Crippen molar-refractivity contribution >= 4 is 0 Å². The molecule has 0 aliphatic heterocycles. The molecule has 4 nitrogen and oxygen atoms in total. The fraction of sp³-hybridized carbons (Fsp3) is 0.333. The van der Waals surface area contributed by atoms with E-state index in [1.807, 2.05) is 18.2 Å². The van der Waals surface area contributed by atoms with Crippen LogP contribution in [-0.2, 0) is 25.8 Å². The fourth-order valence-corrected chi connectivity index (χ4v) is 2.80. The first-order chi connectivity index (χ1) is 9.24. The first kappa shape index (κ1) is 12.0. The van der Waals surface area contributed by atoms with E-state index in [4.69, 9.17) is 4.42 Å². The van der Waals surface area contributed by atoms with Crippen LogP contribution in [0.15, 0.2) is 34.7 Å². The van der Waals surface area contributed by atoms with Crippen LogP contribution in [0.25, 0.3) is 0 Å². The first-order valence-electron chi connectivity index (χ1n) is 6.52. The number of rotatable bonds is 4. The lowest BCUT2D eigenvalue weighted by Gasteiger charge is -2.00. The lowest BCUT2D eigenvalue weighted by Crippen LogP contribution is -1.99. The molecule has 1 aromatic carbocycles. The molecule has 19 heavy (non-hydrogen) atoms. The largest absolute Gasteiger partial charge is 0.458 e. The molecule has 4 heteroatoms. The number of benzene rings is 1. The van der Waals surface area contributed by atoms with Gasteiger partial charge in [-0.05, 0) is 30.4 Å². The molecule has 3 rings (SSSR count). The van der Waals surface area contributed by atoms with Crippen molar-refractivity contribution in [2.75, 3.05) is 0 Å². The van der Waals surface area contributed by atoms with Crippen molar-refractivity contribution in [2.24, 2.45) is 0 Å². The van der Waals surface area contributed by atoms with E-state index in [1.165, 1.54) is 11.1 Å². The lowest BCUT2D eigenvalue weighted by atomic mass is 10.1. The molecule has 1 heterocycles. The minimum absolute atomic E-state index is 0.197. The molecule has 0 unspecified atom stereocenters. The summed E-state index contributed by atoms with van der Waals surface area (Å²) < 4.78 is 5.76. The van der Waals surface area contributed by atoms with Crippen LogP contribution >= 0.6 is 0 Å². The molecule has 0 bridgehead atoms. The Balaban J connectivity index is 1.92. The van der Waals surface area contributed by atoms with E-state index in [-0.39, 0.29) is 11.5 Å². The zero-order chi connectivity index (χ0) is 13.2. The molecule has 0 atom stereocenters. The molecule has 1 aromatic heterocycles. The number of hydrogen-bond acceptors (Lipinski definition) is 3. The molecule has 1 aliphatic rings. The van der Waals surface area contributed by atoms with Crippen molar-refractivity contribution in [3.05, 3.63) is 68.7 Å². The SMILES string of the molecule is O=[N+]([O-])Cc1oc(Cc2ccccc2)c2c1CCC2. The molecule has 0 spiro atoms. The third-order valence-electron chi connectivity index (χ3n) is 3.62.